The van der Waals surface area contributed by atoms with Crippen molar-refractivity contribution in [3.8, 4) is 11.6 Å². The third kappa shape index (κ3) is 4.70. The van der Waals surface area contributed by atoms with Crippen molar-refractivity contribution in [3.63, 3.8) is 0 Å². The van der Waals surface area contributed by atoms with E-state index in [9.17, 15) is 0 Å². The Morgan fingerprint density at radius 3 is 2.90 bits per heavy atom. The van der Waals surface area contributed by atoms with Gasteiger partial charge in [-0.2, -0.15) is 0 Å². The molecule has 0 bridgehead atoms. The van der Waals surface area contributed by atoms with Gasteiger partial charge in [0.05, 0.1) is 11.6 Å². The first-order valence-electron chi connectivity index (χ1n) is 6.78. The number of halogens is 1. The molecule has 0 aliphatic heterocycles. The molecule has 1 heterocycles. The number of hydrogen-bond acceptors (Lipinski definition) is 4. The van der Waals surface area contributed by atoms with E-state index in [0.29, 0.717) is 29.8 Å². The van der Waals surface area contributed by atoms with Crippen molar-refractivity contribution in [1.29, 1.82) is 0 Å². The number of hydrogen-bond donors (Lipinski definition) is 1. The van der Waals surface area contributed by atoms with Crippen molar-refractivity contribution in [2.45, 2.75) is 13.5 Å². The summed E-state index contributed by atoms with van der Waals surface area (Å²) in [4.78, 5) is 4.28. The molecule has 4 nitrogen and oxygen atoms in total. The smallest absolute Gasteiger partial charge is 0.223 e. The summed E-state index contributed by atoms with van der Waals surface area (Å²) >= 11 is 6.19. The zero-order valence-electron chi connectivity index (χ0n) is 12.2. The molecular formula is C16H19ClN2O2. The van der Waals surface area contributed by atoms with Crippen LogP contribution in [0.5, 0.6) is 11.6 Å². The first-order valence-corrected chi connectivity index (χ1v) is 7.16. The summed E-state index contributed by atoms with van der Waals surface area (Å²) in [6.45, 7) is 4.09. The second kappa shape index (κ2) is 7.98. The number of nitrogens with zero attached hydrogens (tertiary/aromatic N) is 1. The lowest BCUT2D eigenvalue weighted by Gasteiger charge is -2.12. The van der Waals surface area contributed by atoms with Gasteiger partial charge in [-0.3, -0.25) is 0 Å². The van der Waals surface area contributed by atoms with Gasteiger partial charge in [-0.25, -0.2) is 4.98 Å². The lowest BCUT2D eigenvalue weighted by atomic mass is 10.2. The number of benzene rings is 1. The minimum absolute atomic E-state index is 0.563. The van der Waals surface area contributed by atoms with Gasteiger partial charge in [0.2, 0.25) is 5.88 Å². The SMILES string of the molecule is COCCNCc1cccnc1Oc1ccc(C)cc1Cl. The fourth-order valence-corrected chi connectivity index (χ4v) is 2.11. The highest BCUT2D eigenvalue weighted by Crippen LogP contribution is 2.30. The lowest BCUT2D eigenvalue weighted by Crippen LogP contribution is -2.19. The molecule has 1 aromatic carbocycles. The van der Waals surface area contributed by atoms with Crippen LogP contribution in [0.25, 0.3) is 0 Å². The number of aromatic nitrogens is 1. The van der Waals surface area contributed by atoms with E-state index in [1.807, 2.05) is 37.3 Å². The summed E-state index contributed by atoms with van der Waals surface area (Å²) in [5.74, 6) is 1.17. The molecule has 0 fully saturated rings. The Hall–Kier alpha value is -1.62. The van der Waals surface area contributed by atoms with Crippen molar-refractivity contribution >= 4 is 11.6 Å². The zero-order valence-corrected chi connectivity index (χ0v) is 13.0. The predicted octanol–water partition coefficient (Wildman–Crippen LogP) is 3.57. The monoisotopic (exact) mass is 306 g/mol. The van der Waals surface area contributed by atoms with Crippen LogP contribution in [-0.4, -0.2) is 25.2 Å². The molecule has 0 saturated heterocycles. The molecule has 0 aliphatic carbocycles. The summed E-state index contributed by atoms with van der Waals surface area (Å²) < 4.78 is 10.8. The van der Waals surface area contributed by atoms with Gasteiger partial charge < -0.3 is 14.8 Å². The molecule has 2 aromatic rings. The quantitative estimate of drug-likeness (QED) is 0.794. The summed E-state index contributed by atoms with van der Waals surface area (Å²) in [5.41, 5.74) is 2.07. The average molecular weight is 307 g/mol. The Balaban J connectivity index is 2.08. The van der Waals surface area contributed by atoms with Gasteiger partial charge in [0, 0.05) is 32.0 Å². The summed E-state index contributed by atoms with van der Waals surface area (Å²) in [7, 11) is 1.68. The maximum atomic E-state index is 6.19. The molecule has 1 aromatic heterocycles. The highest BCUT2D eigenvalue weighted by Gasteiger charge is 2.08. The van der Waals surface area contributed by atoms with Crippen LogP contribution in [-0.2, 0) is 11.3 Å². The van der Waals surface area contributed by atoms with Crippen LogP contribution in [0.15, 0.2) is 36.5 Å². The molecule has 0 atom stereocenters. The normalized spacial score (nSPS) is 10.6. The summed E-state index contributed by atoms with van der Waals surface area (Å²) in [5, 5.41) is 3.86. The van der Waals surface area contributed by atoms with E-state index in [0.717, 1.165) is 17.7 Å². The molecule has 0 unspecified atom stereocenters. The van der Waals surface area contributed by atoms with E-state index in [-0.39, 0.29) is 0 Å². The van der Waals surface area contributed by atoms with Crippen LogP contribution in [0.2, 0.25) is 5.02 Å². The third-order valence-electron chi connectivity index (χ3n) is 2.94. The van der Waals surface area contributed by atoms with Crippen molar-refractivity contribution in [2.24, 2.45) is 0 Å². The van der Waals surface area contributed by atoms with Crippen LogP contribution in [0.3, 0.4) is 0 Å². The van der Waals surface area contributed by atoms with Gasteiger partial charge >= 0.3 is 0 Å². The van der Waals surface area contributed by atoms with Crippen molar-refractivity contribution in [1.82, 2.24) is 10.3 Å². The lowest BCUT2D eigenvalue weighted by molar-refractivity contribution is 0.199. The van der Waals surface area contributed by atoms with Gasteiger partial charge in [-0.1, -0.05) is 23.7 Å². The molecular weight excluding hydrogens is 288 g/mol. The third-order valence-corrected chi connectivity index (χ3v) is 3.24. The average Bonchev–Trinajstić information content (AvgIpc) is 2.48. The largest absolute Gasteiger partial charge is 0.437 e. The van der Waals surface area contributed by atoms with E-state index >= 15 is 0 Å². The number of methoxy groups -OCH3 is 1. The molecule has 21 heavy (non-hydrogen) atoms. The van der Waals surface area contributed by atoms with E-state index in [1.54, 1.807) is 13.3 Å². The Kier molecular flexibility index (Phi) is 5.99. The molecule has 0 spiro atoms. The van der Waals surface area contributed by atoms with E-state index in [4.69, 9.17) is 21.1 Å². The molecule has 112 valence electrons. The second-order valence-electron chi connectivity index (χ2n) is 4.67. The zero-order chi connectivity index (χ0) is 15.1. The second-order valence-corrected chi connectivity index (χ2v) is 5.08. The van der Waals surface area contributed by atoms with Crippen LogP contribution < -0.4 is 10.1 Å². The first kappa shape index (κ1) is 15.8. The standard InChI is InChI=1S/C16H19ClN2O2/c1-12-5-6-15(14(17)10-12)21-16-13(4-3-7-19-16)11-18-8-9-20-2/h3-7,10,18H,8-9,11H2,1-2H3. The molecule has 0 saturated carbocycles. The first-order chi connectivity index (χ1) is 10.2. The number of ether oxygens (including phenoxy) is 2. The van der Waals surface area contributed by atoms with Crippen LogP contribution in [0.4, 0.5) is 0 Å². The van der Waals surface area contributed by atoms with E-state index < -0.39 is 0 Å². The van der Waals surface area contributed by atoms with Crippen LogP contribution in [0.1, 0.15) is 11.1 Å². The maximum Gasteiger partial charge on any atom is 0.223 e. The Morgan fingerprint density at radius 2 is 2.14 bits per heavy atom. The molecule has 2 rings (SSSR count). The highest BCUT2D eigenvalue weighted by atomic mass is 35.5. The molecule has 0 radical (unpaired) electrons. The number of nitrogens with one attached hydrogen (secondary N) is 1. The summed E-state index contributed by atoms with van der Waals surface area (Å²) in [6, 6.07) is 9.55. The number of aryl methyl sites for hydroxylation is 1. The van der Waals surface area contributed by atoms with Crippen molar-refractivity contribution in [3.05, 3.63) is 52.7 Å². The number of pyridine rings is 1. The van der Waals surface area contributed by atoms with Gasteiger partial charge in [-0.15, -0.1) is 0 Å². The molecule has 5 heteroatoms. The predicted molar refractivity (Wildman–Crippen MR) is 84.1 cm³/mol. The molecule has 0 aliphatic rings. The Bertz CT molecular complexity index is 590. The van der Waals surface area contributed by atoms with E-state index in [2.05, 4.69) is 10.3 Å². The molecule has 1 N–H and O–H groups in total. The van der Waals surface area contributed by atoms with Crippen molar-refractivity contribution in [2.75, 3.05) is 20.3 Å². The van der Waals surface area contributed by atoms with Gasteiger partial charge in [-0.05, 0) is 30.7 Å². The van der Waals surface area contributed by atoms with Crippen LogP contribution in [0, 0.1) is 6.92 Å². The van der Waals surface area contributed by atoms with Crippen molar-refractivity contribution < 1.29 is 9.47 Å². The Morgan fingerprint density at radius 1 is 1.29 bits per heavy atom. The minimum Gasteiger partial charge on any atom is -0.437 e. The van der Waals surface area contributed by atoms with Gasteiger partial charge in [0.1, 0.15) is 5.75 Å². The summed E-state index contributed by atoms with van der Waals surface area (Å²) in [6.07, 6.45) is 1.70. The van der Waals surface area contributed by atoms with Crippen LogP contribution >= 0.6 is 11.6 Å². The van der Waals surface area contributed by atoms with E-state index in [1.165, 1.54) is 0 Å². The minimum atomic E-state index is 0.563. The van der Waals surface area contributed by atoms with Gasteiger partial charge in [0.15, 0.2) is 0 Å². The fourth-order valence-electron chi connectivity index (χ4n) is 1.84. The van der Waals surface area contributed by atoms with Gasteiger partial charge in [0.25, 0.3) is 0 Å². The topological polar surface area (TPSA) is 43.4 Å². The Labute approximate surface area is 130 Å². The highest BCUT2D eigenvalue weighted by molar-refractivity contribution is 6.32. The number of rotatable bonds is 7. The fraction of sp³-hybridized carbons (Fsp3) is 0.312. The maximum absolute atomic E-state index is 6.19. The molecule has 0 amide bonds.